The van der Waals surface area contributed by atoms with Crippen molar-refractivity contribution in [1.29, 1.82) is 5.26 Å². The van der Waals surface area contributed by atoms with E-state index < -0.39 is 4.92 Å². The fourth-order valence-electron chi connectivity index (χ4n) is 1.53. The Hall–Kier alpha value is -3.14. The summed E-state index contributed by atoms with van der Waals surface area (Å²) >= 11 is 0. The van der Waals surface area contributed by atoms with E-state index in [1.54, 1.807) is 0 Å². The minimum absolute atomic E-state index is 0.138. The number of benzene rings is 1. The maximum absolute atomic E-state index is 10.9. The minimum atomic E-state index is -0.585. The Bertz CT molecular complexity index is 694. The van der Waals surface area contributed by atoms with Gasteiger partial charge in [-0.1, -0.05) is 0 Å². The number of ether oxygens (including phenoxy) is 2. The number of nitro groups is 1. The molecule has 0 aliphatic heterocycles. The van der Waals surface area contributed by atoms with Crippen molar-refractivity contribution in [1.82, 2.24) is 4.98 Å². The monoisotopic (exact) mass is 271 g/mol. The molecule has 0 saturated carbocycles. The Morgan fingerprint density at radius 3 is 2.80 bits per heavy atom. The molecule has 1 aromatic heterocycles. The van der Waals surface area contributed by atoms with Crippen molar-refractivity contribution in [3.63, 3.8) is 0 Å². The Kier molecular flexibility index (Phi) is 3.77. The number of methoxy groups -OCH3 is 1. The Morgan fingerprint density at radius 1 is 1.35 bits per heavy atom. The molecule has 0 aliphatic carbocycles. The van der Waals surface area contributed by atoms with Gasteiger partial charge in [-0.25, -0.2) is 4.98 Å². The summed E-state index contributed by atoms with van der Waals surface area (Å²) in [6.45, 7) is 0. The predicted octanol–water partition coefficient (Wildman–Crippen LogP) is 2.66. The van der Waals surface area contributed by atoms with Crippen LogP contribution in [0.3, 0.4) is 0 Å². The second kappa shape index (κ2) is 5.67. The van der Waals surface area contributed by atoms with E-state index >= 15 is 0 Å². The molecular weight excluding hydrogens is 262 g/mol. The zero-order valence-electron chi connectivity index (χ0n) is 10.4. The highest BCUT2D eigenvalue weighted by molar-refractivity contribution is 5.50. The molecule has 1 aromatic carbocycles. The van der Waals surface area contributed by atoms with Crippen LogP contribution in [-0.4, -0.2) is 17.0 Å². The molecule has 0 N–H and O–H groups in total. The summed E-state index contributed by atoms with van der Waals surface area (Å²) in [5, 5.41) is 19.7. The molecule has 20 heavy (non-hydrogen) atoms. The van der Waals surface area contributed by atoms with E-state index in [-0.39, 0.29) is 17.3 Å². The lowest BCUT2D eigenvalue weighted by atomic mass is 10.2. The molecule has 0 aliphatic rings. The van der Waals surface area contributed by atoms with Gasteiger partial charge in [0.1, 0.15) is 0 Å². The number of hydrogen-bond donors (Lipinski definition) is 0. The van der Waals surface area contributed by atoms with Gasteiger partial charge in [-0.05, 0) is 18.2 Å². The summed E-state index contributed by atoms with van der Waals surface area (Å²) in [6, 6.07) is 9.19. The summed E-state index contributed by atoms with van der Waals surface area (Å²) < 4.78 is 10.5. The summed E-state index contributed by atoms with van der Waals surface area (Å²) in [6.07, 6.45) is 1.39. The van der Waals surface area contributed by atoms with Crippen LogP contribution in [0.4, 0.5) is 5.69 Å². The van der Waals surface area contributed by atoms with E-state index in [1.165, 1.54) is 43.6 Å². The van der Waals surface area contributed by atoms with Crippen LogP contribution in [0.5, 0.6) is 17.4 Å². The molecule has 0 atom stereocenters. The van der Waals surface area contributed by atoms with Gasteiger partial charge in [-0.3, -0.25) is 10.1 Å². The first kappa shape index (κ1) is 13.3. The fraction of sp³-hybridized carbons (Fsp3) is 0.0769. The van der Waals surface area contributed by atoms with Crippen LogP contribution in [0, 0.1) is 21.4 Å². The molecule has 0 bridgehead atoms. The molecule has 0 unspecified atom stereocenters. The summed E-state index contributed by atoms with van der Waals surface area (Å²) in [7, 11) is 1.41. The maximum Gasteiger partial charge on any atom is 0.331 e. The van der Waals surface area contributed by atoms with Gasteiger partial charge in [-0.2, -0.15) is 5.26 Å². The van der Waals surface area contributed by atoms with Crippen molar-refractivity contribution < 1.29 is 14.4 Å². The Balaban J connectivity index is 2.40. The van der Waals surface area contributed by atoms with Crippen molar-refractivity contribution in [2.75, 3.05) is 7.11 Å². The van der Waals surface area contributed by atoms with Gasteiger partial charge < -0.3 is 9.47 Å². The van der Waals surface area contributed by atoms with Gasteiger partial charge >= 0.3 is 5.69 Å². The molecule has 0 fully saturated rings. The van der Waals surface area contributed by atoms with Crippen LogP contribution >= 0.6 is 0 Å². The van der Waals surface area contributed by atoms with Crippen LogP contribution < -0.4 is 9.47 Å². The van der Waals surface area contributed by atoms with Crippen molar-refractivity contribution >= 4 is 5.69 Å². The highest BCUT2D eigenvalue weighted by atomic mass is 16.6. The second-order valence-corrected chi connectivity index (χ2v) is 3.66. The highest BCUT2D eigenvalue weighted by Gasteiger charge is 2.18. The van der Waals surface area contributed by atoms with Crippen molar-refractivity contribution in [2.24, 2.45) is 0 Å². The third-order valence-electron chi connectivity index (χ3n) is 2.45. The lowest BCUT2D eigenvalue weighted by Gasteiger charge is -2.09. The number of aromatic nitrogens is 1. The highest BCUT2D eigenvalue weighted by Crippen LogP contribution is 2.34. The topological polar surface area (TPSA) is 98.3 Å². The number of nitrogens with zero attached hydrogens (tertiary/aromatic N) is 3. The molecule has 2 rings (SSSR count). The second-order valence-electron chi connectivity index (χ2n) is 3.66. The molecule has 0 spiro atoms. The number of nitriles is 1. The molecule has 100 valence electrons. The first-order valence-electron chi connectivity index (χ1n) is 5.51. The lowest BCUT2D eigenvalue weighted by Crippen LogP contribution is -1.97. The van der Waals surface area contributed by atoms with Gasteiger partial charge in [0, 0.05) is 18.3 Å². The minimum Gasteiger partial charge on any atom is -0.493 e. The van der Waals surface area contributed by atoms with Crippen LogP contribution in [-0.2, 0) is 0 Å². The average Bonchev–Trinajstić information content (AvgIpc) is 2.48. The third-order valence-corrected chi connectivity index (χ3v) is 2.45. The van der Waals surface area contributed by atoms with Crippen molar-refractivity contribution in [3.8, 4) is 23.4 Å². The largest absolute Gasteiger partial charge is 0.493 e. The maximum atomic E-state index is 10.9. The van der Waals surface area contributed by atoms with E-state index in [4.69, 9.17) is 14.7 Å². The predicted molar refractivity (Wildman–Crippen MR) is 68.7 cm³/mol. The number of pyridine rings is 1. The van der Waals surface area contributed by atoms with E-state index in [1.807, 2.05) is 6.07 Å². The molecular formula is C13H9N3O4. The van der Waals surface area contributed by atoms with Crippen LogP contribution in [0.25, 0.3) is 0 Å². The fourth-order valence-corrected chi connectivity index (χ4v) is 1.53. The van der Waals surface area contributed by atoms with Crippen LogP contribution in [0.15, 0.2) is 36.5 Å². The first-order chi connectivity index (χ1) is 9.65. The van der Waals surface area contributed by atoms with E-state index in [0.29, 0.717) is 11.3 Å². The van der Waals surface area contributed by atoms with Crippen LogP contribution in [0.1, 0.15) is 5.56 Å². The van der Waals surface area contributed by atoms with Gasteiger partial charge in [0.05, 0.1) is 23.7 Å². The zero-order chi connectivity index (χ0) is 14.5. The lowest BCUT2D eigenvalue weighted by molar-refractivity contribution is -0.386. The molecule has 7 heteroatoms. The van der Waals surface area contributed by atoms with Gasteiger partial charge in [-0.15, -0.1) is 0 Å². The SMILES string of the molecule is COc1cc(C#N)ccc1Oc1ncccc1[N+](=O)[O-]. The summed E-state index contributed by atoms with van der Waals surface area (Å²) in [5.74, 6) is 0.401. The Labute approximate surface area is 114 Å². The van der Waals surface area contributed by atoms with Gasteiger partial charge in [0.2, 0.25) is 0 Å². The number of hydrogen-bond acceptors (Lipinski definition) is 6. The average molecular weight is 271 g/mol. The molecule has 2 aromatic rings. The van der Waals surface area contributed by atoms with Crippen molar-refractivity contribution in [3.05, 3.63) is 52.2 Å². The Morgan fingerprint density at radius 2 is 2.15 bits per heavy atom. The molecule has 1 heterocycles. The molecule has 0 radical (unpaired) electrons. The third kappa shape index (κ3) is 2.64. The summed E-state index contributed by atoms with van der Waals surface area (Å²) in [5.41, 5.74) is 0.142. The molecule has 7 nitrogen and oxygen atoms in total. The van der Waals surface area contributed by atoms with Gasteiger partial charge in [0.15, 0.2) is 11.5 Å². The van der Waals surface area contributed by atoms with Gasteiger partial charge in [0.25, 0.3) is 5.88 Å². The standard InChI is InChI=1S/C13H9N3O4/c1-19-12-7-9(8-14)4-5-11(12)20-13-10(16(17)18)3-2-6-15-13/h2-7H,1H3. The quantitative estimate of drug-likeness (QED) is 0.626. The van der Waals surface area contributed by atoms with Crippen molar-refractivity contribution in [2.45, 2.75) is 0 Å². The van der Waals surface area contributed by atoms with E-state index in [2.05, 4.69) is 4.98 Å². The molecule has 0 amide bonds. The number of rotatable bonds is 4. The van der Waals surface area contributed by atoms with E-state index in [0.717, 1.165) is 0 Å². The normalized spacial score (nSPS) is 9.60. The summed E-state index contributed by atoms with van der Waals surface area (Å²) in [4.78, 5) is 14.1. The zero-order valence-corrected chi connectivity index (χ0v) is 10.4. The van der Waals surface area contributed by atoms with E-state index in [9.17, 15) is 10.1 Å². The molecule has 0 saturated heterocycles. The smallest absolute Gasteiger partial charge is 0.331 e. The van der Waals surface area contributed by atoms with Crippen LogP contribution in [0.2, 0.25) is 0 Å². The first-order valence-corrected chi connectivity index (χ1v) is 5.51.